The SMILES string of the molecule is [Li][c]1ccc(OCCCC(C)CCCCCC)cc1. The molecule has 0 saturated heterocycles. The van der Waals surface area contributed by atoms with Crippen molar-refractivity contribution in [2.45, 2.75) is 58.8 Å². The van der Waals surface area contributed by atoms with Gasteiger partial charge in [-0.1, -0.05) is 19.8 Å². The maximum absolute atomic E-state index is 5.75. The molecule has 102 valence electrons. The van der Waals surface area contributed by atoms with E-state index in [1.807, 2.05) is 0 Å². The van der Waals surface area contributed by atoms with Gasteiger partial charge in [0.1, 0.15) is 0 Å². The van der Waals surface area contributed by atoms with Crippen molar-refractivity contribution in [3.8, 4) is 5.75 Å². The quantitative estimate of drug-likeness (QED) is 0.448. The first-order valence-electron chi connectivity index (χ1n) is 7.92. The summed E-state index contributed by atoms with van der Waals surface area (Å²) in [4.78, 5) is 0. The van der Waals surface area contributed by atoms with Gasteiger partial charge in [0.15, 0.2) is 0 Å². The van der Waals surface area contributed by atoms with Crippen LogP contribution in [0.2, 0.25) is 0 Å². The summed E-state index contributed by atoms with van der Waals surface area (Å²) in [7, 11) is 0. The molecule has 0 radical (unpaired) electrons. The molecule has 0 fully saturated rings. The average molecular weight is 254 g/mol. The molecule has 1 atom stereocenters. The third-order valence-corrected chi connectivity index (χ3v) is 3.68. The van der Waals surface area contributed by atoms with Gasteiger partial charge in [-0.3, -0.25) is 0 Å². The Morgan fingerprint density at radius 1 is 1.00 bits per heavy atom. The van der Waals surface area contributed by atoms with Crippen LogP contribution >= 0.6 is 0 Å². The summed E-state index contributed by atoms with van der Waals surface area (Å²) in [6.45, 7) is 5.49. The second-order valence-corrected chi connectivity index (χ2v) is 5.76. The molecule has 0 aliphatic carbocycles. The van der Waals surface area contributed by atoms with E-state index in [9.17, 15) is 0 Å². The standard InChI is InChI=1S/C17H27O.Li/c1-3-4-5-7-11-16(2)12-10-15-18-17-13-8-6-9-14-17;/h8-9,13-14,16H,3-5,7,10-12,15H2,1-2H3;. The van der Waals surface area contributed by atoms with Crippen molar-refractivity contribution in [3.63, 3.8) is 0 Å². The van der Waals surface area contributed by atoms with Crippen LogP contribution in [0.1, 0.15) is 58.8 Å². The number of unbranched alkanes of at least 4 members (excludes halogenated alkanes) is 3. The molecular weight excluding hydrogens is 227 g/mol. The number of ether oxygens (including phenoxy) is 1. The molecule has 1 aromatic carbocycles. The summed E-state index contributed by atoms with van der Waals surface area (Å²) in [5.74, 6) is 1.85. The van der Waals surface area contributed by atoms with Crippen LogP contribution in [0.4, 0.5) is 0 Å². The zero-order valence-electron chi connectivity index (χ0n) is 13.0. The molecule has 0 aliphatic rings. The Kier molecular flexibility index (Phi) is 9.13. The van der Waals surface area contributed by atoms with Crippen molar-refractivity contribution in [2.75, 3.05) is 6.61 Å². The molecular formula is C17H27LiO. The molecule has 0 bridgehead atoms. The van der Waals surface area contributed by atoms with E-state index in [4.69, 9.17) is 4.74 Å². The summed E-state index contributed by atoms with van der Waals surface area (Å²) in [5, 5.41) is 0. The van der Waals surface area contributed by atoms with E-state index in [1.54, 1.807) is 0 Å². The topological polar surface area (TPSA) is 9.23 Å². The van der Waals surface area contributed by atoms with Crippen LogP contribution in [0.3, 0.4) is 0 Å². The molecule has 1 unspecified atom stereocenters. The Bertz CT molecular complexity index is 321. The summed E-state index contributed by atoms with van der Waals surface area (Å²) < 4.78 is 7.04. The predicted octanol–water partition coefficient (Wildman–Crippen LogP) is 4.25. The minimum absolute atomic E-state index is 0.846. The zero-order chi connectivity index (χ0) is 13.9. The molecule has 0 aliphatic heterocycles. The molecule has 2 heteroatoms. The van der Waals surface area contributed by atoms with Gasteiger partial charge >= 0.3 is 108 Å². The number of hydrogen-bond acceptors (Lipinski definition) is 1. The number of benzene rings is 1. The first kappa shape index (κ1) is 16.7. The van der Waals surface area contributed by atoms with E-state index in [0.29, 0.717) is 0 Å². The van der Waals surface area contributed by atoms with E-state index < -0.39 is 0 Å². The van der Waals surface area contributed by atoms with Gasteiger partial charge in [-0.05, 0) is 0 Å². The van der Waals surface area contributed by atoms with Crippen LogP contribution in [-0.2, 0) is 0 Å². The Hall–Kier alpha value is -0.383. The number of hydrogen-bond donors (Lipinski definition) is 0. The molecule has 0 aromatic heterocycles. The zero-order valence-corrected chi connectivity index (χ0v) is 13.0. The third kappa shape index (κ3) is 8.40. The molecule has 0 heterocycles. The van der Waals surface area contributed by atoms with E-state index >= 15 is 0 Å². The van der Waals surface area contributed by atoms with Crippen molar-refractivity contribution in [2.24, 2.45) is 5.92 Å². The fourth-order valence-corrected chi connectivity index (χ4v) is 2.32. The monoisotopic (exact) mass is 254 g/mol. The molecule has 1 rings (SSSR count). The third-order valence-electron chi connectivity index (χ3n) is 3.68. The van der Waals surface area contributed by atoms with E-state index in [2.05, 4.69) is 55.8 Å². The maximum atomic E-state index is 5.75. The van der Waals surface area contributed by atoms with Crippen LogP contribution in [0.5, 0.6) is 5.75 Å². The fourth-order valence-electron chi connectivity index (χ4n) is 2.32. The Morgan fingerprint density at radius 3 is 2.37 bits per heavy atom. The normalized spacial score (nSPS) is 12.4. The summed E-state index contributed by atoms with van der Waals surface area (Å²) in [6.07, 6.45) is 9.36. The van der Waals surface area contributed by atoms with Crippen LogP contribution in [0.25, 0.3) is 0 Å². The van der Waals surface area contributed by atoms with Crippen molar-refractivity contribution >= 4 is 22.0 Å². The van der Waals surface area contributed by atoms with Gasteiger partial charge in [-0.2, -0.15) is 0 Å². The molecule has 1 nitrogen and oxygen atoms in total. The second-order valence-electron chi connectivity index (χ2n) is 5.76. The molecule has 0 spiro atoms. The minimum atomic E-state index is 0.846. The van der Waals surface area contributed by atoms with Crippen LogP contribution in [-0.4, -0.2) is 24.3 Å². The Balaban J connectivity index is 2.02. The van der Waals surface area contributed by atoms with E-state index in [1.165, 1.54) is 49.2 Å². The van der Waals surface area contributed by atoms with Gasteiger partial charge in [-0.25, -0.2) is 0 Å². The molecule has 0 amide bonds. The summed E-state index contributed by atoms with van der Waals surface area (Å²) in [5.41, 5.74) is 0. The van der Waals surface area contributed by atoms with E-state index in [-0.39, 0.29) is 0 Å². The van der Waals surface area contributed by atoms with Gasteiger partial charge in [0.05, 0.1) is 0 Å². The van der Waals surface area contributed by atoms with Crippen LogP contribution in [0.15, 0.2) is 24.3 Å². The average Bonchev–Trinajstić information content (AvgIpc) is 2.42. The van der Waals surface area contributed by atoms with Gasteiger partial charge in [0.25, 0.3) is 0 Å². The van der Waals surface area contributed by atoms with E-state index in [0.717, 1.165) is 18.3 Å². The summed E-state index contributed by atoms with van der Waals surface area (Å²) >= 11 is 2.10. The number of rotatable bonds is 10. The van der Waals surface area contributed by atoms with Crippen molar-refractivity contribution < 1.29 is 4.74 Å². The molecule has 0 N–H and O–H groups in total. The summed E-state index contributed by atoms with van der Waals surface area (Å²) in [6, 6.07) is 8.32. The van der Waals surface area contributed by atoms with Crippen molar-refractivity contribution in [1.82, 2.24) is 0 Å². The molecule has 19 heavy (non-hydrogen) atoms. The first-order chi connectivity index (χ1) is 9.22. The van der Waals surface area contributed by atoms with Gasteiger partial charge in [0, 0.05) is 0 Å². The second kappa shape index (κ2) is 10.4. The predicted molar refractivity (Wildman–Crippen MR) is 84.5 cm³/mol. The fraction of sp³-hybridized carbons (Fsp3) is 0.647. The van der Waals surface area contributed by atoms with Crippen molar-refractivity contribution in [1.29, 1.82) is 0 Å². The Morgan fingerprint density at radius 2 is 1.68 bits per heavy atom. The van der Waals surface area contributed by atoms with Gasteiger partial charge < -0.3 is 0 Å². The Labute approximate surface area is 128 Å². The van der Waals surface area contributed by atoms with Crippen LogP contribution < -0.4 is 8.97 Å². The van der Waals surface area contributed by atoms with Gasteiger partial charge in [0.2, 0.25) is 0 Å². The van der Waals surface area contributed by atoms with Gasteiger partial charge in [-0.15, -0.1) is 0 Å². The first-order valence-corrected chi connectivity index (χ1v) is 7.92. The molecule has 1 aromatic rings. The molecule has 0 saturated carbocycles. The van der Waals surface area contributed by atoms with Crippen molar-refractivity contribution in [3.05, 3.63) is 24.3 Å². The van der Waals surface area contributed by atoms with Crippen LogP contribution in [0, 0.1) is 5.92 Å².